The SMILES string of the molecule is CCCN1CCN(Cc2occc2CNCC(C)C)CC1. The van der Waals surface area contributed by atoms with E-state index >= 15 is 0 Å². The van der Waals surface area contributed by atoms with Crippen molar-refractivity contribution in [2.24, 2.45) is 5.92 Å². The second kappa shape index (κ2) is 8.57. The third-order valence-electron chi connectivity index (χ3n) is 4.08. The fourth-order valence-electron chi connectivity index (χ4n) is 2.85. The van der Waals surface area contributed by atoms with Crippen molar-refractivity contribution in [3.05, 3.63) is 23.7 Å². The molecule has 21 heavy (non-hydrogen) atoms. The molecule has 1 aromatic rings. The maximum absolute atomic E-state index is 5.70. The zero-order chi connectivity index (χ0) is 15.1. The molecule has 2 rings (SSSR count). The van der Waals surface area contributed by atoms with Crippen LogP contribution in [0.5, 0.6) is 0 Å². The molecule has 0 amide bonds. The van der Waals surface area contributed by atoms with Gasteiger partial charge >= 0.3 is 0 Å². The molecule has 0 atom stereocenters. The van der Waals surface area contributed by atoms with E-state index in [2.05, 4.69) is 42.0 Å². The lowest BCUT2D eigenvalue weighted by Crippen LogP contribution is -2.46. The number of nitrogens with one attached hydrogen (secondary N) is 1. The van der Waals surface area contributed by atoms with Crippen molar-refractivity contribution in [2.75, 3.05) is 39.3 Å². The zero-order valence-corrected chi connectivity index (χ0v) is 13.9. The molecule has 1 saturated heterocycles. The van der Waals surface area contributed by atoms with Crippen LogP contribution in [0.2, 0.25) is 0 Å². The first-order valence-corrected chi connectivity index (χ1v) is 8.39. The highest BCUT2D eigenvalue weighted by molar-refractivity contribution is 5.16. The van der Waals surface area contributed by atoms with Gasteiger partial charge in [-0.05, 0) is 31.5 Å². The summed E-state index contributed by atoms with van der Waals surface area (Å²) in [5.74, 6) is 1.82. The lowest BCUT2D eigenvalue weighted by molar-refractivity contribution is 0.120. The predicted molar refractivity (Wildman–Crippen MR) is 87.3 cm³/mol. The first-order chi connectivity index (χ1) is 10.2. The van der Waals surface area contributed by atoms with E-state index in [1.54, 1.807) is 0 Å². The Morgan fingerprint density at radius 1 is 1.19 bits per heavy atom. The fraction of sp³-hybridized carbons (Fsp3) is 0.765. The van der Waals surface area contributed by atoms with Crippen LogP contribution < -0.4 is 5.32 Å². The first kappa shape index (κ1) is 16.5. The van der Waals surface area contributed by atoms with Crippen molar-refractivity contribution in [3.8, 4) is 0 Å². The molecule has 1 aliphatic rings. The van der Waals surface area contributed by atoms with Crippen molar-refractivity contribution in [1.29, 1.82) is 0 Å². The first-order valence-electron chi connectivity index (χ1n) is 8.39. The summed E-state index contributed by atoms with van der Waals surface area (Å²) in [6.45, 7) is 15.6. The Labute approximate surface area is 129 Å². The standard InChI is InChI=1S/C17H31N3O/c1-4-6-19-7-9-20(10-8-19)14-17-16(5-11-21-17)13-18-12-15(2)3/h5,11,15,18H,4,6-10,12-14H2,1-3H3. The number of furan rings is 1. The lowest BCUT2D eigenvalue weighted by Gasteiger charge is -2.34. The average molecular weight is 293 g/mol. The fourth-order valence-corrected chi connectivity index (χ4v) is 2.85. The van der Waals surface area contributed by atoms with Crippen LogP contribution in [0.1, 0.15) is 38.5 Å². The molecular weight excluding hydrogens is 262 g/mol. The minimum atomic E-state index is 0.687. The van der Waals surface area contributed by atoms with Gasteiger partial charge in [-0.15, -0.1) is 0 Å². The number of hydrogen-bond acceptors (Lipinski definition) is 4. The molecular formula is C17H31N3O. The van der Waals surface area contributed by atoms with E-state index in [0.717, 1.165) is 38.5 Å². The summed E-state index contributed by atoms with van der Waals surface area (Å²) in [4.78, 5) is 5.07. The predicted octanol–water partition coefficient (Wildman–Crippen LogP) is 2.55. The second-order valence-electron chi connectivity index (χ2n) is 6.51. The van der Waals surface area contributed by atoms with E-state index in [4.69, 9.17) is 4.42 Å². The summed E-state index contributed by atoms with van der Waals surface area (Å²) >= 11 is 0. The van der Waals surface area contributed by atoms with Crippen LogP contribution in [0.25, 0.3) is 0 Å². The van der Waals surface area contributed by atoms with Gasteiger partial charge in [-0.25, -0.2) is 0 Å². The summed E-state index contributed by atoms with van der Waals surface area (Å²) in [6, 6.07) is 2.11. The van der Waals surface area contributed by atoms with Crippen molar-refractivity contribution in [1.82, 2.24) is 15.1 Å². The maximum atomic E-state index is 5.70. The Balaban J connectivity index is 1.77. The average Bonchev–Trinajstić information content (AvgIpc) is 2.88. The highest BCUT2D eigenvalue weighted by atomic mass is 16.3. The molecule has 2 heterocycles. The highest BCUT2D eigenvalue weighted by Gasteiger charge is 2.18. The quantitative estimate of drug-likeness (QED) is 0.798. The number of hydrogen-bond donors (Lipinski definition) is 1. The van der Waals surface area contributed by atoms with Gasteiger partial charge in [0.1, 0.15) is 5.76 Å². The van der Waals surface area contributed by atoms with Crippen LogP contribution >= 0.6 is 0 Å². The molecule has 0 unspecified atom stereocenters. The van der Waals surface area contributed by atoms with Gasteiger partial charge in [0.25, 0.3) is 0 Å². The summed E-state index contributed by atoms with van der Waals surface area (Å²) in [7, 11) is 0. The van der Waals surface area contributed by atoms with Crippen molar-refractivity contribution < 1.29 is 4.42 Å². The van der Waals surface area contributed by atoms with E-state index in [0.29, 0.717) is 5.92 Å². The minimum Gasteiger partial charge on any atom is -0.468 e. The number of nitrogens with zero attached hydrogens (tertiary/aromatic N) is 2. The van der Waals surface area contributed by atoms with E-state index in [-0.39, 0.29) is 0 Å². The van der Waals surface area contributed by atoms with Crippen molar-refractivity contribution >= 4 is 0 Å². The third-order valence-corrected chi connectivity index (χ3v) is 4.08. The molecule has 1 fully saturated rings. The molecule has 1 aliphatic heterocycles. The minimum absolute atomic E-state index is 0.687. The Morgan fingerprint density at radius 3 is 2.57 bits per heavy atom. The Morgan fingerprint density at radius 2 is 1.90 bits per heavy atom. The van der Waals surface area contributed by atoms with Gasteiger partial charge in [-0.3, -0.25) is 4.90 Å². The molecule has 0 radical (unpaired) electrons. The second-order valence-corrected chi connectivity index (χ2v) is 6.51. The van der Waals surface area contributed by atoms with Gasteiger partial charge in [0.2, 0.25) is 0 Å². The van der Waals surface area contributed by atoms with Crippen LogP contribution in [-0.4, -0.2) is 49.1 Å². The number of rotatable bonds is 8. The van der Waals surface area contributed by atoms with Gasteiger partial charge in [0.05, 0.1) is 12.8 Å². The topological polar surface area (TPSA) is 31.6 Å². The van der Waals surface area contributed by atoms with E-state index < -0.39 is 0 Å². The summed E-state index contributed by atoms with van der Waals surface area (Å²) < 4.78 is 5.70. The van der Waals surface area contributed by atoms with E-state index in [1.807, 2.05) is 6.26 Å². The van der Waals surface area contributed by atoms with Crippen molar-refractivity contribution in [2.45, 2.75) is 40.3 Å². The summed E-state index contributed by atoms with van der Waals surface area (Å²) in [5, 5.41) is 3.50. The van der Waals surface area contributed by atoms with Gasteiger partial charge in [0, 0.05) is 38.3 Å². The largest absolute Gasteiger partial charge is 0.468 e. The van der Waals surface area contributed by atoms with E-state index in [1.165, 1.54) is 31.6 Å². The molecule has 1 aromatic heterocycles. The monoisotopic (exact) mass is 293 g/mol. The van der Waals surface area contributed by atoms with Crippen LogP contribution in [0.3, 0.4) is 0 Å². The molecule has 4 heteroatoms. The Bertz CT molecular complexity index is 394. The molecule has 0 spiro atoms. The van der Waals surface area contributed by atoms with Crippen LogP contribution in [0, 0.1) is 5.92 Å². The molecule has 1 N–H and O–H groups in total. The zero-order valence-electron chi connectivity index (χ0n) is 13.9. The van der Waals surface area contributed by atoms with Crippen molar-refractivity contribution in [3.63, 3.8) is 0 Å². The van der Waals surface area contributed by atoms with Gasteiger partial charge in [0.15, 0.2) is 0 Å². The molecule has 4 nitrogen and oxygen atoms in total. The van der Waals surface area contributed by atoms with Gasteiger partial charge in [-0.1, -0.05) is 20.8 Å². The summed E-state index contributed by atoms with van der Waals surface area (Å²) in [6.07, 6.45) is 3.08. The molecule has 0 aliphatic carbocycles. The van der Waals surface area contributed by atoms with Crippen LogP contribution in [0.4, 0.5) is 0 Å². The Kier molecular flexibility index (Phi) is 6.74. The smallest absolute Gasteiger partial charge is 0.122 e. The normalized spacial score (nSPS) is 17.7. The highest BCUT2D eigenvalue weighted by Crippen LogP contribution is 2.15. The molecule has 0 bridgehead atoms. The van der Waals surface area contributed by atoms with Gasteiger partial charge in [-0.2, -0.15) is 0 Å². The Hall–Kier alpha value is -0.840. The molecule has 0 aromatic carbocycles. The third kappa shape index (κ3) is 5.46. The molecule has 0 saturated carbocycles. The maximum Gasteiger partial charge on any atom is 0.122 e. The summed E-state index contributed by atoms with van der Waals surface area (Å²) in [5.41, 5.74) is 1.31. The van der Waals surface area contributed by atoms with Crippen LogP contribution in [-0.2, 0) is 13.1 Å². The number of piperazine rings is 1. The lowest BCUT2D eigenvalue weighted by atomic mass is 10.2. The molecule has 120 valence electrons. The van der Waals surface area contributed by atoms with Crippen LogP contribution in [0.15, 0.2) is 16.7 Å². The van der Waals surface area contributed by atoms with E-state index in [9.17, 15) is 0 Å². The van der Waals surface area contributed by atoms with Gasteiger partial charge < -0.3 is 14.6 Å².